The molecule has 0 bridgehead atoms. The zero-order valence-electron chi connectivity index (χ0n) is 40.9. The van der Waals surface area contributed by atoms with Crippen molar-refractivity contribution in [3.8, 4) is 11.1 Å². The van der Waals surface area contributed by atoms with Crippen molar-refractivity contribution >= 4 is 67.9 Å². The number of aryl methyl sites for hydroxylation is 1. The number of hydrogen-bond donors (Lipinski definition) is 0. The molecule has 0 amide bonds. The highest BCUT2D eigenvalue weighted by atomic mass is 32.1. The minimum absolute atomic E-state index is 0.0322. The summed E-state index contributed by atoms with van der Waals surface area (Å²) >= 11 is 2.09. The predicted molar refractivity (Wildman–Crippen MR) is 276 cm³/mol. The minimum Gasteiger partial charge on any atom is -0.311 e. The first-order chi connectivity index (χ1) is 29.4. The average Bonchev–Trinajstić information content (AvgIpc) is 3.64. The normalized spacial score (nSPS) is 18.9. The molecule has 4 aliphatic rings. The number of nitrogens with zero attached hydrogens (tertiary/aromatic N) is 2. The van der Waals surface area contributed by atoms with Crippen LogP contribution in [-0.4, -0.2) is 6.71 Å². The Kier molecular flexibility index (Phi) is 9.25. The Morgan fingerprint density at radius 3 is 1.67 bits per heavy atom. The Bertz CT molecular complexity index is 2820. The lowest BCUT2D eigenvalue weighted by Gasteiger charge is -2.48. The van der Waals surface area contributed by atoms with Gasteiger partial charge in [0, 0.05) is 33.3 Å². The molecular formula is C59H69BN2S. The second kappa shape index (κ2) is 13.7. The molecule has 2 aliphatic carbocycles. The molecule has 0 saturated carbocycles. The zero-order chi connectivity index (χ0) is 45.0. The van der Waals surface area contributed by atoms with E-state index >= 15 is 0 Å². The number of hydrogen-bond acceptors (Lipinski definition) is 3. The van der Waals surface area contributed by atoms with Gasteiger partial charge in [0.15, 0.2) is 0 Å². The third-order valence-corrected chi connectivity index (χ3v) is 17.5. The van der Waals surface area contributed by atoms with Crippen molar-refractivity contribution < 1.29 is 0 Å². The van der Waals surface area contributed by atoms with Gasteiger partial charge in [0.25, 0.3) is 6.71 Å². The lowest BCUT2D eigenvalue weighted by atomic mass is 9.32. The van der Waals surface area contributed by atoms with Gasteiger partial charge in [-0.25, -0.2) is 0 Å². The molecule has 5 aromatic carbocycles. The highest BCUT2D eigenvalue weighted by Gasteiger charge is 2.52. The molecule has 4 heteroatoms. The van der Waals surface area contributed by atoms with Gasteiger partial charge in [0.1, 0.15) is 0 Å². The van der Waals surface area contributed by atoms with Crippen molar-refractivity contribution in [2.24, 2.45) is 0 Å². The van der Waals surface area contributed by atoms with Crippen LogP contribution in [0.15, 0.2) is 97.1 Å². The average molecular weight is 849 g/mol. The maximum absolute atomic E-state index is 2.72. The largest absolute Gasteiger partial charge is 0.311 e. The fourth-order valence-corrected chi connectivity index (χ4v) is 13.4. The Labute approximate surface area is 384 Å². The number of thiophene rings is 1. The summed E-state index contributed by atoms with van der Waals surface area (Å²) in [6, 6.07) is 38.5. The van der Waals surface area contributed by atoms with E-state index in [1.807, 2.05) is 0 Å². The summed E-state index contributed by atoms with van der Waals surface area (Å²) in [6.07, 6.45) is 4.74. The summed E-state index contributed by atoms with van der Waals surface area (Å²) in [4.78, 5) is 6.98. The highest BCUT2D eigenvalue weighted by Crippen LogP contribution is 2.56. The third-order valence-electron chi connectivity index (χ3n) is 15.9. The van der Waals surface area contributed by atoms with Gasteiger partial charge in [-0.1, -0.05) is 158 Å². The van der Waals surface area contributed by atoms with Crippen molar-refractivity contribution in [2.75, 3.05) is 9.80 Å². The fraction of sp³-hybridized carbons (Fsp3) is 0.424. The van der Waals surface area contributed by atoms with E-state index in [-0.39, 0.29) is 39.2 Å². The van der Waals surface area contributed by atoms with E-state index in [2.05, 4.69) is 222 Å². The molecule has 3 heterocycles. The molecule has 0 N–H and O–H groups in total. The van der Waals surface area contributed by atoms with E-state index in [0.717, 1.165) is 0 Å². The van der Waals surface area contributed by atoms with Gasteiger partial charge >= 0.3 is 0 Å². The highest BCUT2D eigenvalue weighted by molar-refractivity contribution is 7.20. The number of rotatable bonds is 3. The number of benzene rings is 5. The van der Waals surface area contributed by atoms with E-state index in [1.165, 1.54) is 109 Å². The second-order valence-electron chi connectivity index (χ2n) is 24.5. The van der Waals surface area contributed by atoms with E-state index in [1.54, 1.807) is 15.9 Å². The zero-order valence-corrected chi connectivity index (χ0v) is 41.8. The Balaban J connectivity index is 1.39. The molecule has 0 saturated heterocycles. The lowest BCUT2D eigenvalue weighted by molar-refractivity contribution is 0.332. The van der Waals surface area contributed by atoms with Crippen LogP contribution >= 0.6 is 11.3 Å². The van der Waals surface area contributed by atoms with Crippen LogP contribution in [0.1, 0.15) is 161 Å². The van der Waals surface area contributed by atoms with Gasteiger partial charge in [0.05, 0.1) is 5.00 Å². The number of fused-ring (bicyclic) bond motifs is 7. The Morgan fingerprint density at radius 1 is 0.508 bits per heavy atom. The molecule has 63 heavy (non-hydrogen) atoms. The van der Waals surface area contributed by atoms with Crippen molar-refractivity contribution in [3.05, 3.63) is 135 Å². The molecule has 324 valence electrons. The number of anilines is 6. The summed E-state index contributed by atoms with van der Waals surface area (Å²) in [5.74, 6) is 0. The van der Waals surface area contributed by atoms with Crippen LogP contribution in [0.2, 0.25) is 0 Å². The van der Waals surface area contributed by atoms with Crippen LogP contribution in [0.4, 0.5) is 33.4 Å². The van der Waals surface area contributed by atoms with Gasteiger partial charge in [-0.3, -0.25) is 0 Å². The van der Waals surface area contributed by atoms with Crippen LogP contribution in [0.3, 0.4) is 0 Å². The quantitative estimate of drug-likeness (QED) is 0.163. The smallest absolute Gasteiger partial charge is 0.253 e. The van der Waals surface area contributed by atoms with Crippen LogP contribution in [0, 0.1) is 6.92 Å². The van der Waals surface area contributed by atoms with Gasteiger partial charge in [-0.05, 0) is 162 Å². The topological polar surface area (TPSA) is 6.48 Å². The molecule has 10 rings (SSSR count). The van der Waals surface area contributed by atoms with E-state index in [9.17, 15) is 0 Å². The molecular weight excluding hydrogens is 780 g/mol. The van der Waals surface area contributed by atoms with Gasteiger partial charge < -0.3 is 9.80 Å². The first-order valence-electron chi connectivity index (χ1n) is 23.8. The maximum Gasteiger partial charge on any atom is 0.253 e. The summed E-state index contributed by atoms with van der Waals surface area (Å²) in [5, 5.41) is 1.41. The molecule has 6 aromatic rings. The Morgan fingerprint density at radius 2 is 1.06 bits per heavy atom. The second-order valence-corrected chi connectivity index (χ2v) is 25.5. The van der Waals surface area contributed by atoms with Crippen molar-refractivity contribution in [3.63, 3.8) is 0 Å². The molecule has 0 unspecified atom stereocenters. The first-order valence-corrected chi connectivity index (χ1v) is 24.6. The first kappa shape index (κ1) is 42.4. The van der Waals surface area contributed by atoms with Gasteiger partial charge in [-0.15, -0.1) is 11.3 Å². The standard InChI is InChI=1S/C59H69BN2S/c1-36-31-40(55(5,6)7)23-26-45(36)62-46-35-43-42(56(8,9)27-28-57(43,10)11)34-44(46)60-50-47(32-38(33-48(50)62)37-19-17-16-18-20-37)61(41-24-21-39(22-25-41)54(2,3)4)53-51(60)49-52(63-53)59(14,15)30-29-58(49,12)13/h16-26,31-35H,27-30H2,1-15H3. The summed E-state index contributed by atoms with van der Waals surface area (Å²) in [6.45, 7) is 36.5. The maximum atomic E-state index is 2.72. The van der Waals surface area contributed by atoms with Crippen LogP contribution in [0.25, 0.3) is 11.1 Å². The molecule has 0 spiro atoms. The lowest BCUT2D eigenvalue weighted by Crippen LogP contribution is -2.63. The predicted octanol–water partition coefficient (Wildman–Crippen LogP) is 15.1. The monoisotopic (exact) mass is 849 g/mol. The van der Waals surface area contributed by atoms with E-state index in [0.29, 0.717) is 0 Å². The fourth-order valence-electron chi connectivity index (χ4n) is 11.7. The van der Waals surface area contributed by atoms with Gasteiger partial charge in [-0.2, -0.15) is 0 Å². The SMILES string of the molecule is Cc1cc(C(C)(C)C)ccc1N1c2cc3c(cc2B2c4c1cc(-c1ccccc1)cc4N(c1ccc(C(C)(C)C)cc1)c1sc4c(c12)C(C)(C)CCC4(C)C)C(C)(C)CCC3(C)C. The van der Waals surface area contributed by atoms with E-state index < -0.39 is 0 Å². The van der Waals surface area contributed by atoms with Crippen LogP contribution in [0.5, 0.6) is 0 Å². The Hall–Kier alpha value is -4.54. The molecule has 0 radical (unpaired) electrons. The molecule has 0 fully saturated rings. The van der Waals surface area contributed by atoms with Gasteiger partial charge in [0.2, 0.25) is 0 Å². The molecule has 1 aromatic heterocycles. The third kappa shape index (κ3) is 6.54. The summed E-state index contributed by atoms with van der Waals surface area (Å²) < 4.78 is 0. The molecule has 2 aliphatic heterocycles. The minimum atomic E-state index is 0.0322. The van der Waals surface area contributed by atoms with Crippen LogP contribution < -0.4 is 26.2 Å². The van der Waals surface area contributed by atoms with Crippen LogP contribution in [-0.2, 0) is 32.5 Å². The summed E-state index contributed by atoms with van der Waals surface area (Å²) in [5.41, 5.74) is 22.4. The van der Waals surface area contributed by atoms with E-state index in [4.69, 9.17) is 0 Å². The van der Waals surface area contributed by atoms with Crippen molar-refractivity contribution in [2.45, 2.75) is 162 Å². The van der Waals surface area contributed by atoms with Crippen molar-refractivity contribution in [1.29, 1.82) is 0 Å². The summed E-state index contributed by atoms with van der Waals surface area (Å²) in [7, 11) is 0. The molecule has 0 atom stereocenters. The van der Waals surface area contributed by atoms with Crippen molar-refractivity contribution in [1.82, 2.24) is 0 Å². The molecule has 2 nitrogen and oxygen atoms in total.